The highest BCUT2D eigenvalue weighted by Gasteiger charge is 2.33. The summed E-state index contributed by atoms with van der Waals surface area (Å²) in [5.74, 6) is -1.12. The average molecular weight is 393 g/mol. The molecule has 2 aliphatic rings. The fourth-order valence-corrected chi connectivity index (χ4v) is 3.62. The molecule has 0 radical (unpaired) electrons. The van der Waals surface area contributed by atoms with Gasteiger partial charge in [-0.2, -0.15) is 0 Å². The number of amides is 2. The van der Waals surface area contributed by atoms with Crippen LogP contribution in [0.15, 0.2) is 72.6 Å². The van der Waals surface area contributed by atoms with Crippen molar-refractivity contribution in [2.24, 2.45) is 5.73 Å². The first-order valence-corrected chi connectivity index (χ1v) is 9.65. The quantitative estimate of drug-likeness (QED) is 0.864. The summed E-state index contributed by atoms with van der Waals surface area (Å²) in [6.07, 6.45) is 12.2. The molecule has 0 aliphatic heterocycles. The maximum atomic E-state index is 13.6. The molecule has 2 amide bonds. The minimum atomic E-state index is -0.566. The minimum Gasteiger partial charge on any atom is -0.368 e. The van der Waals surface area contributed by atoms with Crippen LogP contribution in [0.1, 0.15) is 36.4 Å². The number of allylic oxidation sites excluding steroid dienone is 2. The molecular formula is C23H24FN3O2. The second kappa shape index (κ2) is 9.78. The summed E-state index contributed by atoms with van der Waals surface area (Å²) in [6.45, 7) is -0.162. The second-order valence-electron chi connectivity index (χ2n) is 6.96. The number of pyridine rings is 1. The first-order chi connectivity index (χ1) is 14.1. The molecule has 29 heavy (non-hydrogen) atoms. The van der Waals surface area contributed by atoms with Gasteiger partial charge in [-0.1, -0.05) is 30.4 Å². The van der Waals surface area contributed by atoms with Gasteiger partial charge < -0.3 is 10.6 Å². The molecule has 4 rings (SSSR count). The van der Waals surface area contributed by atoms with E-state index in [-0.39, 0.29) is 24.3 Å². The number of carbonyl (C=O) groups is 2. The lowest BCUT2D eigenvalue weighted by Crippen LogP contribution is -2.41. The first-order valence-electron chi connectivity index (χ1n) is 9.65. The maximum absolute atomic E-state index is 13.6. The number of fused-ring (bicyclic) bond motifs is 1. The van der Waals surface area contributed by atoms with Crippen molar-refractivity contribution in [2.45, 2.75) is 31.7 Å². The molecule has 2 aromatic rings. The third-order valence-electron chi connectivity index (χ3n) is 4.93. The van der Waals surface area contributed by atoms with Crippen molar-refractivity contribution < 1.29 is 14.0 Å². The Morgan fingerprint density at radius 3 is 2.55 bits per heavy atom. The summed E-state index contributed by atoms with van der Waals surface area (Å²) < 4.78 is 13.6. The summed E-state index contributed by atoms with van der Waals surface area (Å²) in [6, 6.07) is 10.0. The first kappa shape index (κ1) is 20.5. The Labute approximate surface area is 169 Å². The molecule has 2 N–H and O–H groups in total. The molecule has 0 saturated heterocycles. The molecule has 0 bridgehead atoms. The van der Waals surface area contributed by atoms with Crippen molar-refractivity contribution in [3.8, 4) is 0 Å². The molecular weight excluding hydrogens is 369 g/mol. The number of hydrogen-bond acceptors (Lipinski definition) is 3. The van der Waals surface area contributed by atoms with E-state index in [4.69, 9.17) is 5.73 Å². The molecule has 0 spiro atoms. The smallest absolute Gasteiger partial charge is 0.254 e. The number of aryl methyl sites for hydroxylation is 1. The summed E-state index contributed by atoms with van der Waals surface area (Å²) in [5, 5.41) is 0. The highest BCUT2D eigenvalue weighted by Crippen LogP contribution is 2.37. The van der Waals surface area contributed by atoms with Crippen molar-refractivity contribution in [3.63, 3.8) is 0 Å². The molecule has 1 unspecified atom stereocenters. The molecule has 1 atom stereocenters. The van der Waals surface area contributed by atoms with Gasteiger partial charge in [-0.15, -0.1) is 0 Å². The van der Waals surface area contributed by atoms with Gasteiger partial charge in [0.1, 0.15) is 12.4 Å². The van der Waals surface area contributed by atoms with Gasteiger partial charge in [-0.3, -0.25) is 14.6 Å². The van der Waals surface area contributed by atoms with E-state index in [0.29, 0.717) is 12.0 Å². The third-order valence-corrected chi connectivity index (χ3v) is 4.93. The van der Waals surface area contributed by atoms with Gasteiger partial charge in [-0.25, -0.2) is 4.39 Å². The van der Waals surface area contributed by atoms with Crippen molar-refractivity contribution in [1.82, 2.24) is 9.88 Å². The molecule has 1 aromatic carbocycles. The van der Waals surface area contributed by atoms with Crippen LogP contribution in [0.5, 0.6) is 0 Å². The number of aromatic nitrogens is 1. The normalized spacial score (nSPS) is 16.9. The Morgan fingerprint density at radius 1 is 1.17 bits per heavy atom. The van der Waals surface area contributed by atoms with Crippen molar-refractivity contribution >= 4 is 11.8 Å². The van der Waals surface area contributed by atoms with Gasteiger partial charge in [-0.05, 0) is 61.1 Å². The van der Waals surface area contributed by atoms with E-state index in [9.17, 15) is 14.0 Å². The van der Waals surface area contributed by atoms with Crippen LogP contribution >= 0.6 is 0 Å². The number of benzene rings is 1. The molecule has 1 aromatic heterocycles. The number of nitrogens with two attached hydrogens (primary N) is 1. The number of halogens is 1. The molecule has 0 fully saturated rings. The second-order valence-corrected chi connectivity index (χ2v) is 6.96. The van der Waals surface area contributed by atoms with Gasteiger partial charge in [0, 0.05) is 18.0 Å². The van der Waals surface area contributed by atoms with Crippen molar-refractivity contribution in [3.05, 3.63) is 89.5 Å². The lowest BCUT2D eigenvalue weighted by molar-refractivity contribution is -0.134. The van der Waals surface area contributed by atoms with Gasteiger partial charge in [0.05, 0.1) is 6.04 Å². The highest BCUT2D eigenvalue weighted by atomic mass is 19.1. The zero-order chi connectivity index (χ0) is 20.6. The molecule has 150 valence electrons. The Kier molecular flexibility index (Phi) is 6.89. The van der Waals surface area contributed by atoms with E-state index in [2.05, 4.69) is 4.98 Å². The van der Waals surface area contributed by atoms with E-state index in [1.807, 2.05) is 30.4 Å². The zero-order valence-corrected chi connectivity index (χ0v) is 16.1. The maximum Gasteiger partial charge on any atom is 0.254 e. The van der Waals surface area contributed by atoms with Gasteiger partial charge in [0.25, 0.3) is 5.91 Å². The van der Waals surface area contributed by atoms with E-state index in [1.54, 1.807) is 24.5 Å². The van der Waals surface area contributed by atoms with Crippen LogP contribution in [0.3, 0.4) is 0 Å². The predicted octanol–water partition coefficient (Wildman–Crippen LogP) is 3.48. The van der Waals surface area contributed by atoms with Crippen molar-refractivity contribution in [1.29, 1.82) is 0 Å². The van der Waals surface area contributed by atoms with Crippen LogP contribution in [-0.4, -0.2) is 28.2 Å². The lowest BCUT2D eigenvalue weighted by atomic mass is 10.0. The van der Waals surface area contributed by atoms with Gasteiger partial charge in [0.2, 0.25) is 5.91 Å². The number of carbonyl (C=O) groups excluding carboxylic acids is 2. The van der Waals surface area contributed by atoms with Crippen LogP contribution in [0.25, 0.3) is 0 Å². The number of hydrogen-bond donors (Lipinski definition) is 1. The van der Waals surface area contributed by atoms with E-state index < -0.39 is 5.91 Å². The van der Waals surface area contributed by atoms with Crippen LogP contribution in [-0.2, 0) is 16.0 Å². The van der Waals surface area contributed by atoms with Gasteiger partial charge >= 0.3 is 0 Å². The Hall–Kier alpha value is -3.28. The molecule has 2 aliphatic carbocycles. The van der Waals surface area contributed by atoms with E-state index in [0.717, 1.165) is 30.4 Å². The zero-order valence-electron chi connectivity index (χ0n) is 16.1. The minimum absolute atomic E-state index is 0.162. The molecule has 6 heteroatoms. The van der Waals surface area contributed by atoms with Crippen LogP contribution < -0.4 is 5.73 Å². The fraction of sp³-hybridized carbons (Fsp3) is 0.261. The monoisotopic (exact) mass is 393 g/mol. The SMILES string of the molecule is NC(=O)CN(C(=O)C1=CCCC=C1)C1CCc2ccc(F)cc21.c1ccncc1. The Bertz CT molecular complexity index is 898. The largest absolute Gasteiger partial charge is 0.368 e. The predicted molar refractivity (Wildman–Crippen MR) is 109 cm³/mol. The van der Waals surface area contributed by atoms with Crippen LogP contribution in [0, 0.1) is 5.82 Å². The molecule has 1 heterocycles. The summed E-state index contributed by atoms with van der Waals surface area (Å²) >= 11 is 0. The lowest BCUT2D eigenvalue weighted by Gasteiger charge is -2.29. The Balaban J connectivity index is 0.000000343. The van der Waals surface area contributed by atoms with Crippen LogP contribution in [0.2, 0.25) is 0 Å². The number of primary amides is 1. The highest BCUT2D eigenvalue weighted by molar-refractivity contribution is 5.98. The van der Waals surface area contributed by atoms with Crippen LogP contribution in [0.4, 0.5) is 4.39 Å². The number of nitrogens with zero attached hydrogens (tertiary/aromatic N) is 2. The number of rotatable bonds is 4. The molecule has 5 nitrogen and oxygen atoms in total. The topological polar surface area (TPSA) is 76.3 Å². The van der Waals surface area contributed by atoms with E-state index >= 15 is 0 Å². The Morgan fingerprint density at radius 2 is 1.97 bits per heavy atom. The average Bonchev–Trinajstić information content (AvgIpc) is 3.16. The molecule has 0 saturated carbocycles. The summed E-state index contributed by atoms with van der Waals surface area (Å²) in [5.41, 5.74) is 7.70. The summed E-state index contributed by atoms with van der Waals surface area (Å²) in [4.78, 5) is 29.5. The standard InChI is InChI=1S/C18H19FN2O2.C5H5N/c19-14-8-6-12-7-9-16(15(12)10-14)21(11-17(20)22)18(23)13-4-2-1-3-5-13;1-2-4-6-5-3-1/h2,4-6,8,10,16H,1,3,7,9,11H2,(H2,20,22);1-5H. The summed E-state index contributed by atoms with van der Waals surface area (Å²) in [7, 11) is 0. The van der Waals surface area contributed by atoms with Crippen molar-refractivity contribution in [2.75, 3.05) is 6.54 Å². The third kappa shape index (κ3) is 5.38. The van der Waals surface area contributed by atoms with E-state index in [1.165, 1.54) is 17.0 Å². The van der Waals surface area contributed by atoms with Gasteiger partial charge in [0.15, 0.2) is 0 Å². The fourth-order valence-electron chi connectivity index (χ4n) is 3.62.